The first kappa shape index (κ1) is 13.6. The van der Waals surface area contributed by atoms with Gasteiger partial charge in [0, 0.05) is 6.54 Å². The molecule has 0 unspecified atom stereocenters. The van der Waals surface area contributed by atoms with Gasteiger partial charge in [0.1, 0.15) is 5.82 Å². The summed E-state index contributed by atoms with van der Waals surface area (Å²) in [5.41, 5.74) is -0.811. The molecule has 0 radical (unpaired) electrons. The van der Waals surface area contributed by atoms with Gasteiger partial charge in [0.2, 0.25) is 0 Å². The topological polar surface area (TPSA) is 49.3 Å². The van der Waals surface area contributed by atoms with E-state index in [-0.39, 0.29) is 22.2 Å². The van der Waals surface area contributed by atoms with Crippen molar-refractivity contribution in [2.45, 2.75) is 24.9 Å². The monoisotopic (exact) mass is 291 g/mol. The SMILES string of the molecule is O=C(NCC1(O)CCC1)c1cc(F)c(Cl)cc1Cl. The maximum absolute atomic E-state index is 13.3. The molecule has 1 saturated carbocycles. The van der Waals surface area contributed by atoms with Gasteiger partial charge in [0.25, 0.3) is 5.91 Å². The van der Waals surface area contributed by atoms with Crippen LogP contribution in [0.15, 0.2) is 12.1 Å². The van der Waals surface area contributed by atoms with Crippen LogP contribution in [0.1, 0.15) is 29.6 Å². The molecule has 18 heavy (non-hydrogen) atoms. The van der Waals surface area contributed by atoms with E-state index in [4.69, 9.17) is 23.2 Å². The number of hydrogen-bond donors (Lipinski definition) is 2. The lowest BCUT2D eigenvalue weighted by molar-refractivity contribution is -0.0300. The summed E-state index contributed by atoms with van der Waals surface area (Å²) in [5.74, 6) is -1.22. The van der Waals surface area contributed by atoms with Crippen molar-refractivity contribution in [3.8, 4) is 0 Å². The first-order chi connectivity index (χ1) is 8.41. The van der Waals surface area contributed by atoms with Gasteiger partial charge in [-0.05, 0) is 31.4 Å². The van der Waals surface area contributed by atoms with Gasteiger partial charge in [-0.3, -0.25) is 4.79 Å². The number of aliphatic hydroxyl groups is 1. The summed E-state index contributed by atoms with van der Waals surface area (Å²) in [5, 5.41) is 12.3. The highest BCUT2D eigenvalue weighted by atomic mass is 35.5. The Kier molecular flexibility index (Phi) is 3.80. The largest absolute Gasteiger partial charge is 0.388 e. The summed E-state index contributed by atoms with van der Waals surface area (Å²) >= 11 is 11.4. The molecule has 0 atom stereocenters. The highest BCUT2D eigenvalue weighted by Gasteiger charge is 2.34. The number of benzene rings is 1. The number of amides is 1. The van der Waals surface area contributed by atoms with Crippen molar-refractivity contribution >= 4 is 29.1 Å². The summed E-state index contributed by atoms with van der Waals surface area (Å²) in [4.78, 5) is 11.8. The summed E-state index contributed by atoms with van der Waals surface area (Å²) < 4.78 is 13.3. The molecule has 0 bridgehead atoms. The standard InChI is InChI=1S/C12H12Cl2FNO2/c13-8-5-9(14)10(15)4-7(8)11(17)16-6-12(18)2-1-3-12/h4-5,18H,1-3,6H2,(H,16,17). The first-order valence-corrected chi connectivity index (χ1v) is 6.32. The maximum atomic E-state index is 13.3. The second-order valence-corrected chi connectivity index (χ2v) is 5.32. The zero-order valence-electron chi connectivity index (χ0n) is 9.47. The van der Waals surface area contributed by atoms with Gasteiger partial charge in [-0.2, -0.15) is 0 Å². The van der Waals surface area contributed by atoms with E-state index in [1.165, 1.54) is 6.07 Å². The van der Waals surface area contributed by atoms with Gasteiger partial charge in [-0.15, -0.1) is 0 Å². The third kappa shape index (κ3) is 2.76. The summed E-state index contributed by atoms with van der Waals surface area (Å²) in [6, 6.07) is 2.18. The van der Waals surface area contributed by atoms with E-state index in [0.29, 0.717) is 12.8 Å². The molecule has 2 N–H and O–H groups in total. The minimum atomic E-state index is -0.826. The molecule has 3 nitrogen and oxygen atoms in total. The molecule has 1 aliphatic rings. The molecule has 0 spiro atoms. The molecule has 6 heteroatoms. The lowest BCUT2D eigenvalue weighted by Gasteiger charge is -2.36. The van der Waals surface area contributed by atoms with E-state index in [1.807, 2.05) is 0 Å². The first-order valence-electron chi connectivity index (χ1n) is 5.56. The summed E-state index contributed by atoms with van der Waals surface area (Å²) in [7, 11) is 0. The molecular weight excluding hydrogens is 280 g/mol. The fourth-order valence-corrected chi connectivity index (χ4v) is 2.27. The molecule has 1 aromatic rings. The zero-order valence-corrected chi connectivity index (χ0v) is 11.0. The van der Waals surface area contributed by atoms with Crippen LogP contribution < -0.4 is 5.32 Å². The van der Waals surface area contributed by atoms with Crippen molar-refractivity contribution in [1.29, 1.82) is 0 Å². The number of halogens is 3. The van der Waals surface area contributed by atoms with Gasteiger partial charge >= 0.3 is 0 Å². The Bertz CT molecular complexity index is 489. The van der Waals surface area contributed by atoms with Crippen molar-refractivity contribution in [2.75, 3.05) is 6.54 Å². The predicted octanol–water partition coefficient (Wildman–Crippen LogP) is 2.78. The average molecular weight is 292 g/mol. The van der Waals surface area contributed by atoms with Crippen LogP contribution in [-0.4, -0.2) is 23.2 Å². The average Bonchev–Trinajstić information content (AvgIpc) is 2.28. The van der Waals surface area contributed by atoms with Crippen LogP contribution in [0.5, 0.6) is 0 Å². The van der Waals surface area contributed by atoms with Crippen LogP contribution in [0, 0.1) is 5.82 Å². The number of carbonyl (C=O) groups excluding carboxylic acids is 1. The van der Waals surface area contributed by atoms with Crippen molar-refractivity contribution in [3.63, 3.8) is 0 Å². The fourth-order valence-electron chi connectivity index (χ4n) is 1.80. The molecule has 2 rings (SSSR count). The van der Waals surface area contributed by atoms with Gasteiger partial charge in [-0.1, -0.05) is 23.2 Å². The molecule has 1 fully saturated rings. The Morgan fingerprint density at radius 1 is 1.39 bits per heavy atom. The van der Waals surface area contributed by atoms with E-state index >= 15 is 0 Å². The Balaban J connectivity index is 2.06. The van der Waals surface area contributed by atoms with Crippen LogP contribution in [-0.2, 0) is 0 Å². The molecule has 0 saturated heterocycles. The van der Waals surface area contributed by atoms with Crippen molar-refractivity contribution in [2.24, 2.45) is 0 Å². The smallest absolute Gasteiger partial charge is 0.253 e. The van der Waals surface area contributed by atoms with Crippen LogP contribution in [0.3, 0.4) is 0 Å². The van der Waals surface area contributed by atoms with E-state index in [9.17, 15) is 14.3 Å². The van der Waals surface area contributed by atoms with E-state index < -0.39 is 17.3 Å². The summed E-state index contributed by atoms with van der Waals surface area (Å²) in [6.45, 7) is 0.145. The van der Waals surface area contributed by atoms with Crippen molar-refractivity contribution in [1.82, 2.24) is 5.32 Å². The number of nitrogens with one attached hydrogen (secondary N) is 1. The highest BCUT2D eigenvalue weighted by molar-refractivity contribution is 6.36. The minimum absolute atomic E-state index is 0.0153. The second-order valence-electron chi connectivity index (χ2n) is 4.51. The number of rotatable bonds is 3. The minimum Gasteiger partial charge on any atom is -0.388 e. The lowest BCUT2D eigenvalue weighted by Crippen LogP contribution is -2.47. The molecule has 98 valence electrons. The number of carbonyl (C=O) groups is 1. The Morgan fingerprint density at radius 3 is 2.61 bits per heavy atom. The third-order valence-electron chi connectivity index (χ3n) is 3.12. The Labute approximate surface area is 114 Å². The number of hydrogen-bond acceptors (Lipinski definition) is 2. The second kappa shape index (κ2) is 5.03. The normalized spacial score (nSPS) is 17.1. The molecule has 0 aromatic heterocycles. The van der Waals surface area contributed by atoms with Crippen LogP contribution in [0.4, 0.5) is 4.39 Å². The van der Waals surface area contributed by atoms with Gasteiger partial charge in [-0.25, -0.2) is 4.39 Å². The van der Waals surface area contributed by atoms with E-state index in [0.717, 1.165) is 12.5 Å². The zero-order chi connectivity index (χ0) is 13.3. The molecule has 1 aliphatic carbocycles. The van der Waals surface area contributed by atoms with E-state index in [1.54, 1.807) is 0 Å². The third-order valence-corrected chi connectivity index (χ3v) is 3.72. The Morgan fingerprint density at radius 2 is 2.06 bits per heavy atom. The fraction of sp³-hybridized carbons (Fsp3) is 0.417. The predicted molar refractivity (Wildman–Crippen MR) is 67.6 cm³/mol. The highest BCUT2D eigenvalue weighted by Crippen LogP contribution is 2.31. The van der Waals surface area contributed by atoms with E-state index in [2.05, 4.69) is 5.32 Å². The lowest BCUT2D eigenvalue weighted by atomic mass is 9.80. The molecule has 1 aromatic carbocycles. The maximum Gasteiger partial charge on any atom is 0.253 e. The summed E-state index contributed by atoms with van der Waals surface area (Å²) in [6.07, 6.45) is 2.27. The molecule has 0 aliphatic heterocycles. The van der Waals surface area contributed by atoms with Crippen molar-refractivity contribution < 1.29 is 14.3 Å². The molecular formula is C12H12Cl2FNO2. The van der Waals surface area contributed by atoms with Gasteiger partial charge in [0.15, 0.2) is 0 Å². The molecule has 1 amide bonds. The quantitative estimate of drug-likeness (QED) is 0.842. The van der Waals surface area contributed by atoms with Crippen LogP contribution >= 0.6 is 23.2 Å². The Hall–Kier alpha value is -0.840. The van der Waals surface area contributed by atoms with Gasteiger partial charge < -0.3 is 10.4 Å². The molecule has 0 heterocycles. The van der Waals surface area contributed by atoms with Crippen molar-refractivity contribution in [3.05, 3.63) is 33.6 Å². The van der Waals surface area contributed by atoms with Crippen LogP contribution in [0.2, 0.25) is 10.0 Å². The van der Waals surface area contributed by atoms with Gasteiger partial charge in [0.05, 0.1) is 21.2 Å². The van der Waals surface area contributed by atoms with Crippen LogP contribution in [0.25, 0.3) is 0 Å².